The summed E-state index contributed by atoms with van der Waals surface area (Å²) in [6.45, 7) is 2.85. The maximum atomic E-state index is 12.7. The number of hydrogen-bond donors (Lipinski definition) is 3. The second-order valence-electron chi connectivity index (χ2n) is 6.40. The van der Waals surface area contributed by atoms with E-state index in [0.717, 1.165) is 12.1 Å². The Morgan fingerprint density at radius 1 is 1.03 bits per heavy atom. The number of nitrogens with zero attached hydrogens (tertiary/aromatic N) is 1. The van der Waals surface area contributed by atoms with E-state index in [1.165, 1.54) is 26.4 Å². The van der Waals surface area contributed by atoms with Crippen LogP contribution in [0.5, 0.6) is 11.5 Å². The summed E-state index contributed by atoms with van der Waals surface area (Å²) in [5.74, 6) is 1.52. The van der Waals surface area contributed by atoms with Crippen molar-refractivity contribution >= 4 is 5.96 Å². The van der Waals surface area contributed by atoms with Crippen LogP contribution in [0.3, 0.4) is 0 Å². The maximum absolute atomic E-state index is 12.7. The van der Waals surface area contributed by atoms with Crippen molar-refractivity contribution in [2.45, 2.75) is 25.7 Å². The number of aliphatic hydroxyl groups excluding tert-OH is 1. The molecule has 0 radical (unpaired) electrons. The number of alkyl halides is 3. The molecule has 0 saturated carbocycles. The number of ether oxygens (including phenoxy) is 2. The van der Waals surface area contributed by atoms with E-state index >= 15 is 0 Å². The second kappa shape index (κ2) is 10.7. The highest BCUT2D eigenvalue weighted by Gasteiger charge is 2.29. The number of aliphatic hydroxyl groups is 1. The molecule has 2 rings (SSSR count). The quantitative estimate of drug-likeness (QED) is 0.446. The highest BCUT2D eigenvalue weighted by molar-refractivity contribution is 5.79. The maximum Gasteiger partial charge on any atom is 0.416 e. The Hall–Kier alpha value is -2.94. The number of benzene rings is 2. The van der Waals surface area contributed by atoms with Crippen molar-refractivity contribution in [2.75, 3.05) is 27.3 Å². The lowest BCUT2D eigenvalue weighted by atomic mass is 10.1. The lowest BCUT2D eigenvalue weighted by Gasteiger charge is -2.17. The number of halogens is 3. The predicted octanol–water partition coefficient (Wildman–Crippen LogP) is 3.51. The predicted molar refractivity (Wildman–Crippen MR) is 109 cm³/mol. The third-order valence-electron chi connectivity index (χ3n) is 4.30. The normalized spacial score (nSPS) is 13.0. The Labute approximate surface area is 173 Å². The smallest absolute Gasteiger partial charge is 0.416 e. The van der Waals surface area contributed by atoms with Crippen molar-refractivity contribution in [1.82, 2.24) is 10.6 Å². The molecule has 0 bridgehead atoms. The summed E-state index contributed by atoms with van der Waals surface area (Å²) in [7, 11) is 3.05. The minimum absolute atomic E-state index is 0.175. The number of guanidine groups is 1. The van der Waals surface area contributed by atoms with E-state index in [0.29, 0.717) is 35.1 Å². The fourth-order valence-corrected chi connectivity index (χ4v) is 2.68. The Bertz CT molecular complexity index is 840. The van der Waals surface area contributed by atoms with E-state index in [9.17, 15) is 18.3 Å². The van der Waals surface area contributed by atoms with E-state index in [1.54, 1.807) is 18.2 Å². The van der Waals surface area contributed by atoms with E-state index in [-0.39, 0.29) is 13.1 Å². The Kier molecular flexibility index (Phi) is 8.35. The minimum Gasteiger partial charge on any atom is -0.493 e. The molecule has 2 aromatic carbocycles. The first-order valence-electron chi connectivity index (χ1n) is 9.36. The van der Waals surface area contributed by atoms with Crippen molar-refractivity contribution in [2.24, 2.45) is 4.99 Å². The second-order valence-corrected chi connectivity index (χ2v) is 6.40. The zero-order valence-electron chi connectivity index (χ0n) is 17.1. The van der Waals surface area contributed by atoms with Gasteiger partial charge in [0, 0.05) is 13.1 Å². The van der Waals surface area contributed by atoms with Gasteiger partial charge in [-0.2, -0.15) is 13.2 Å². The molecule has 0 heterocycles. The molecule has 1 unspecified atom stereocenters. The van der Waals surface area contributed by atoms with Gasteiger partial charge in [0.2, 0.25) is 0 Å². The first-order valence-corrected chi connectivity index (χ1v) is 9.36. The van der Waals surface area contributed by atoms with Crippen molar-refractivity contribution in [3.63, 3.8) is 0 Å². The summed E-state index contributed by atoms with van der Waals surface area (Å²) in [4.78, 5) is 4.36. The van der Waals surface area contributed by atoms with Crippen LogP contribution in [0.4, 0.5) is 13.2 Å². The van der Waals surface area contributed by atoms with Crippen LogP contribution in [0.1, 0.15) is 29.7 Å². The van der Waals surface area contributed by atoms with Crippen molar-refractivity contribution in [1.29, 1.82) is 0 Å². The summed E-state index contributed by atoms with van der Waals surface area (Å²) in [5, 5.41) is 16.5. The van der Waals surface area contributed by atoms with Gasteiger partial charge in [-0.3, -0.25) is 0 Å². The molecule has 3 N–H and O–H groups in total. The van der Waals surface area contributed by atoms with Gasteiger partial charge in [-0.15, -0.1) is 0 Å². The van der Waals surface area contributed by atoms with Gasteiger partial charge in [-0.25, -0.2) is 4.99 Å². The van der Waals surface area contributed by atoms with Crippen LogP contribution in [0.15, 0.2) is 47.5 Å². The molecule has 0 aliphatic carbocycles. The molecule has 0 aliphatic rings. The van der Waals surface area contributed by atoms with Crippen molar-refractivity contribution < 1.29 is 27.8 Å². The van der Waals surface area contributed by atoms with Gasteiger partial charge in [0.1, 0.15) is 0 Å². The molecule has 164 valence electrons. The van der Waals surface area contributed by atoms with Crippen LogP contribution in [-0.2, 0) is 12.7 Å². The summed E-state index contributed by atoms with van der Waals surface area (Å²) >= 11 is 0. The highest BCUT2D eigenvalue weighted by atomic mass is 19.4. The summed E-state index contributed by atoms with van der Waals surface area (Å²) in [6, 6.07) is 10.00. The molecular weight excluding hydrogens is 399 g/mol. The molecule has 0 fully saturated rings. The van der Waals surface area contributed by atoms with Gasteiger partial charge in [-0.1, -0.05) is 18.2 Å². The molecule has 6 nitrogen and oxygen atoms in total. The molecule has 0 aromatic heterocycles. The zero-order chi connectivity index (χ0) is 22.1. The first kappa shape index (κ1) is 23.3. The number of methoxy groups -OCH3 is 2. The lowest BCUT2D eigenvalue weighted by molar-refractivity contribution is -0.137. The number of nitrogens with one attached hydrogen (secondary N) is 2. The number of hydrogen-bond acceptors (Lipinski definition) is 4. The standard InChI is InChI=1S/C21H26F3N3O3/c1-4-25-20(26-12-14-5-8-16(9-6-14)21(22,23)24)27-13-17(28)15-7-10-18(29-2)19(11-15)30-3/h5-11,17,28H,4,12-13H2,1-3H3,(H2,25,26,27). The lowest BCUT2D eigenvalue weighted by Crippen LogP contribution is -2.39. The highest BCUT2D eigenvalue weighted by Crippen LogP contribution is 2.30. The van der Waals surface area contributed by atoms with Gasteiger partial charge in [-0.05, 0) is 42.3 Å². The minimum atomic E-state index is -4.36. The fourth-order valence-electron chi connectivity index (χ4n) is 2.68. The van der Waals surface area contributed by atoms with Gasteiger partial charge < -0.3 is 25.2 Å². The van der Waals surface area contributed by atoms with E-state index in [1.807, 2.05) is 6.92 Å². The molecule has 0 aliphatic heterocycles. The van der Waals surface area contributed by atoms with Crippen molar-refractivity contribution in [3.05, 3.63) is 59.2 Å². The Balaban J connectivity index is 2.01. The third-order valence-corrected chi connectivity index (χ3v) is 4.30. The summed E-state index contributed by atoms with van der Waals surface area (Å²) in [6.07, 6.45) is -5.20. The van der Waals surface area contributed by atoms with Crippen LogP contribution >= 0.6 is 0 Å². The molecule has 30 heavy (non-hydrogen) atoms. The summed E-state index contributed by atoms with van der Waals surface area (Å²) < 4.78 is 48.4. The van der Waals surface area contributed by atoms with Crippen molar-refractivity contribution in [3.8, 4) is 11.5 Å². The third kappa shape index (κ3) is 6.55. The van der Waals surface area contributed by atoms with Crippen LogP contribution in [0, 0.1) is 0 Å². The number of rotatable bonds is 8. The average molecular weight is 425 g/mol. The zero-order valence-corrected chi connectivity index (χ0v) is 17.1. The van der Waals surface area contributed by atoms with Crippen LogP contribution < -0.4 is 20.1 Å². The molecule has 0 spiro atoms. The van der Waals surface area contributed by atoms with Gasteiger partial charge in [0.05, 0.1) is 32.4 Å². The average Bonchev–Trinajstić information content (AvgIpc) is 2.74. The van der Waals surface area contributed by atoms with Crippen LogP contribution in [-0.4, -0.2) is 38.4 Å². The van der Waals surface area contributed by atoms with E-state index < -0.39 is 17.8 Å². The van der Waals surface area contributed by atoms with Gasteiger partial charge in [0.25, 0.3) is 0 Å². The van der Waals surface area contributed by atoms with Gasteiger partial charge in [0.15, 0.2) is 17.5 Å². The Morgan fingerprint density at radius 3 is 2.27 bits per heavy atom. The molecular formula is C21H26F3N3O3. The monoisotopic (exact) mass is 425 g/mol. The molecule has 0 amide bonds. The molecule has 2 aromatic rings. The topological polar surface area (TPSA) is 75.1 Å². The van der Waals surface area contributed by atoms with Crippen LogP contribution in [0.2, 0.25) is 0 Å². The number of aliphatic imine (C=N–C) groups is 1. The first-order chi connectivity index (χ1) is 14.3. The molecule has 1 atom stereocenters. The van der Waals surface area contributed by atoms with Crippen LogP contribution in [0.25, 0.3) is 0 Å². The van der Waals surface area contributed by atoms with E-state index in [4.69, 9.17) is 9.47 Å². The molecule has 9 heteroatoms. The largest absolute Gasteiger partial charge is 0.493 e. The SMILES string of the molecule is CCNC(=NCc1ccc(C(F)(F)F)cc1)NCC(O)c1ccc(OC)c(OC)c1. The fraction of sp³-hybridized carbons (Fsp3) is 0.381. The van der Waals surface area contributed by atoms with E-state index in [2.05, 4.69) is 15.6 Å². The molecule has 0 saturated heterocycles. The summed E-state index contributed by atoms with van der Waals surface area (Å²) in [5.41, 5.74) is 0.581. The van der Waals surface area contributed by atoms with Gasteiger partial charge >= 0.3 is 6.18 Å². The Morgan fingerprint density at radius 2 is 1.70 bits per heavy atom.